The Morgan fingerprint density at radius 3 is 2.68 bits per heavy atom. The van der Waals surface area contributed by atoms with Gasteiger partial charge in [0.15, 0.2) is 0 Å². The monoisotopic (exact) mass is 301 g/mol. The van der Waals surface area contributed by atoms with Gasteiger partial charge in [-0.1, -0.05) is 25.3 Å². The first-order chi connectivity index (χ1) is 10.7. The number of hydrogen-bond donors (Lipinski definition) is 0. The SMILES string of the molecule is CN1CN(C(=O)C(c2cccnc2)C2CCCCC2)CC1=O. The minimum absolute atomic E-state index is 0.0157. The van der Waals surface area contributed by atoms with Crippen LogP contribution in [0.15, 0.2) is 24.5 Å². The average molecular weight is 301 g/mol. The fourth-order valence-electron chi connectivity index (χ4n) is 3.66. The molecule has 1 saturated heterocycles. The number of likely N-dealkylation sites (N-methyl/N-ethyl adjacent to an activating group) is 1. The zero-order valence-electron chi connectivity index (χ0n) is 13.1. The summed E-state index contributed by atoms with van der Waals surface area (Å²) in [6.07, 6.45) is 9.35. The van der Waals surface area contributed by atoms with Crippen molar-refractivity contribution in [3.8, 4) is 0 Å². The van der Waals surface area contributed by atoms with Gasteiger partial charge in [-0.2, -0.15) is 0 Å². The van der Waals surface area contributed by atoms with Crippen LogP contribution in [0.25, 0.3) is 0 Å². The number of nitrogens with zero attached hydrogens (tertiary/aromatic N) is 3. The van der Waals surface area contributed by atoms with Crippen molar-refractivity contribution < 1.29 is 9.59 Å². The predicted molar refractivity (Wildman–Crippen MR) is 82.9 cm³/mol. The van der Waals surface area contributed by atoms with Crippen LogP contribution in [0, 0.1) is 5.92 Å². The molecule has 5 nitrogen and oxygen atoms in total. The maximum Gasteiger partial charge on any atom is 0.243 e. The Labute approximate surface area is 131 Å². The summed E-state index contributed by atoms with van der Waals surface area (Å²) in [5.74, 6) is 0.305. The van der Waals surface area contributed by atoms with E-state index in [0.717, 1.165) is 18.4 Å². The molecule has 0 radical (unpaired) electrons. The average Bonchev–Trinajstić information content (AvgIpc) is 2.89. The van der Waals surface area contributed by atoms with Crippen molar-refractivity contribution in [3.05, 3.63) is 30.1 Å². The van der Waals surface area contributed by atoms with Gasteiger partial charge in [-0.05, 0) is 30.4 Å². The second-order valence-electron chi connectivity index (χ2n) is 6.43. The molecule has 1 aromatic heterocycles. The Kier molecular flexibility index (Phi) is 4.41. The van der Waals surface area contributed by atoms with E-state index in [4.69, 9.17) is 0 Å². The van der Waals surface area contributed by atoms with Gasteiger partial charge in [0.25, 0.3) is 0 Å². The Bertz CT molecular complexity index is 540. The van der Waals surface area contributed by atoms with Crippen molar-refractivity contribution in [2.45, 2.75) is 38.0 Å². The van der Waals surface area contributed by atoms with Crippen LogP contribution in [0.2, 0.25) is 0 Å². The van der Waals surface area contributed by atoms with Crippen LogP contribution in [0.5, 0.6) is 0 Å². The summed E-state index contributed by atoms with van der Waals surface area (Å²) in [6, 6.07) is 3.88. The van der Waals surface area contributed by atoms with E-state index in [-0.39, 0.29) is 24.3 Å². The number of carbonyl (C=O) groups excluding carboxylic acids is 2. The topological polar surface area (TPSA) is 53.5 Å². The van der Waals surface area contributed by atoms with E-state index in [1.165, 1.54) is 19.3 Å². The van der Waals surface area contributed by atoms with Gasteiger partial charge >= 0.3 is 0 Å². The van der Waals surface area contributed by atoms with Gasteiger partial charge in [-0.15, -0.1) is 0 Å². The minimum Gasteiger partial charge on any atom is -0.326 e. The number of aromatic nitrogens is 1. The molecule has 1 aromatic rings. The zero-order chi connectivity index (χ0) is 15.5. The molecule has 2 heterocycles. The second kappa shape index (κ2) is 6.46. The van der Waals surface area contributed by atoms with Crippen LogP contribution < -0.4 is 0 Å². The van der Waals surface area contributed by atoms with Crippen LogP contribution in [-0.4, -0.2) is 46.9 Å². The van der Waals surface area contributed by atoms with Gasteiger partial charge in [0.2, 0.25) is 11.8 Å². The maximum absolute atomic E-state index is 13.1. The molecule has 22 heavy (non-hydrogen) atoms. The molecule has 2 amide bonds. The molecule has 0 N–H and O–H groups in total. The number of amides is 2. The van der Waals surface area contributed by atoms with Crippen molar-refractivity contribution in [2.24, 2.45) is 5.92 Å². The molecule has 5 heteroatoms. The third-order valence-corrected chi connectivity index (χ3v) is 4.88. The fourth-order valence-corrected chi connectivity index (χ4v) is 3.66. The summed E-state index contributed by atoms with van der Waals surface area (Å²) in [5.41, 5.74) is 0.987. The van der Waals surface area contributed by atoms with Crippen LogP contribution in [0.4, 0.5) is 0 Å². The Hall–Kier alpha value is -1.91. The first kappa shape index (κ1) is 15.0. The molecule has 1 unspecified atom stereocenters. The van der Waals surface area contributed by atoms with Crippen molar-refractivity contribution in [3.63, 3.8) is 0 Å². The molecule has 1 aliphatic carbocycles. The van der Waals surface area contributed by atoms with Gasteiger partial charge in [-0.3, -0.25) is 14.6 Å². The molecule has 118 valence electrons. The van der Waals surface area contributed by atoms with E-state index in [9.17, 15) is 9.59 Å². The van der Waals surface area contributed by atoms with Crippen molar-refractivity contribution in [1.82, 2.24) is 14.8 Å². The van der Waals surface area contributed by atoms with Crippen LogP contribution in [0.1, 0.15) is 43.6 Å². The van der Waals surface area contributed by atoms with Crippen molar-refractivity contribution in [1.29, 1.82) is 0 Å². The highest BCUT2D eigenvalue weighted by molar-refractivity contribution is 5.91. The summed E-state index contributed by atoms with van der Waals surface area (Å²) >= 11 is 0. The Balaban J connectivity index is 1.84. The number of hydrogen-bond acceptors (Lipinski definition) is 3. The summed E-state index contributed by atoms with van der Waals surface area (Å²) in [6.45, 7) is 0.611. The van der Waals surface area contributed by atoms with Crippen LogP contribution >= 0.6 is 0 Å². The third-order valence-electron chi connectivity index (χ3n) is 4.88. The molecule has 0 aromatic carbocycles. The lowest BCUT2D eigenvalue weighted by molar-refractivity contribution is -0.134. The molecule has 0 spiro atoms. The standard InChI is InChI=1S/C17H23N3O2/c1-19-12-20(11-15(19)21)17(22)16(13-6-3-2-4-7-13)14-8-5-9-18-10-14/h5,8-10,13,16H,2-4,6-7,11-12H2,1H3. The fraction of sp³-hybridized carbons (Fsp3) is 0.588. The van der Waals surface area contributed by atoms with Gasteiger partial charge in [0, 0.05) is 19.4 Å². The predicted octanol–water partition coefficient (Wildman–Crippen LogP) is 2.00. The molecule has 1 saturated carbocycles. The zero-order valence-corrected chi connectivity index (χ0v) is 13.1. The highest BCUT2D eigenvalue weighted by atomic mass is 16.2. The molecular formula is C17H23N3O2. The van der Waals surface area contributed by atoms with E-state index in [2.05, 4.69) is 4.98 Å². The first-order valence-corrected chi connectivity index (χ1v) is 8.09. The normalized spacial score (nSPS) is 21.2. The summed E-state index contributed by atoms with van der Waals surface area (Å²) < 4.78 is 0. The lowest BCUT2D eigenvalue weighted by atomic mass is 9.76. The molecule has 3 rings (SSSR count). The van der Waals surface area contributed by atoms with Gasteiger partial charge in [0.05, 0.1) is 12.6 Å². The van der Waals surface area contributed by atoms with E-state index in [0.29, 0.717) is 12.6 Å². The minimum atomic E-state index is -0.159. The maximum atomic E-state index is 13.1. The summed E-state index contributed by atoms with van der Waals surface area (Å²) in [7, 11) is 1.75. The largest absolute Gasteiger partial charge is 0.326 e. The highest BCUT2D eigenvalue weighted by Crippen LogP contribution is 2.37. The molecule has 2 fully saturated rings. The van der Waals surface area contributed by atoms with E-state index < -0.39 is 0 Å². The lowest BCUT2D eigenvalue weighted by Gasteiger charge is -2.32. The van der Waals surface area contributed by atoms with Crippen molar-refractivity contribution in [2.75, 3.05) is 20.3 Å². The summed E-state index contributed by atoms with van der Waals surface area (Å²) in [5, 5.41) is 0. The second-order valence-corrected chi connectivity index (χ2v) is 6.43. The van der Waals surface area contributed by atoms with E-state index >= 15 is 0 Å². The van der Waals surface area contributed by atoms with Gasteiger partial charge in [0.1, 0.15) is 6.54 Å². The smallest absolute Gasteiger partial charge is 0.243 e. The first-order valence-electron chi connectivity index (χ1n) is 8.09. The highest BCUT2D eigenvalue weighted by Gasteiger charge is 2.37. The third kappa shape index (κ3) is 2.98. The number of pyridine rings is 1. The summed E-state index contributed by atoms with van der Waals surface area (Å²) in [4.78, 5) is 32.3. The van der Waals surface area contributed by atoms with Crippen LogP contribution in [-0.2, 0) is 9.59 Å². The molecule has 2 aliphatic rings. The molecule has 1 aliphatic heterocycles. The Morgan fingerprint density at radius 2 is 2.09 bits per heavy atom. The molecular weight excluding hydrogens is 278 g/mol. The van der Waals surface area contributed by atoms with Gasteiger partial charge in [-0.25, -0.2) is 0 Å². The van der Waals surface area contributed by atoms with E-state index in [1.54, 1.807) is 29.2 Å². The molecule has 0 bridgehead atoms. The lowest BCUT2D eigenvalue weighted by Crippen LogP contribution is -2.38. The molecule has 1 atom stereocenters. The van der Waals surface area contributed by atoms with Crippen molar-refractivity contribution >= 4 is 11.8 Å². The van der Waals surface area contributed by atoms with Gasteiger partial charge < -0.3 is 9.80 Å². The Morgan fingerprint density at radius 1 is 1.32 bits per heavy atom. The number of carbonyl (C=O) groups is 2. The van der Waals surface area contributed by atoms with E-state index in [1.807, 2.05) is 12.1 Å². The quantitative estimate of drug-likeness (QED) is 0.858. The number of rotatable bonds is 3. The van der Waals surface area contributed by atoms with Crippen LogP contribution in [0.3, 0.4) is 0 Å².